The van der Waals surface area contributed by atoms with Gasteiger partial charge in [0.05, 0.1) is 12.4 Å². The first kappa shape index (κ1) is 10.6. The Morgan fingerprint density at radius 1 is 1.62 bits per heavy atom. The summed E-state index contributed by atoms with van der Waals surface area (Å²) in [6.45, 7) is 4.11. The average molecular weight is 203 g/mol. The van der Waals surface area contributed by atoms with E-state index in [1.807, 2.05) is 6.92 Å². The minimum absolute atomic E-state index is 0.222. The standard InChI is InChI=1S/C10H15ClO2/c1-3-4-7(2)9(12)8-5-6-13-10(8)11/h5-7,9,12H,3-4H2,1-2H3. The first-order chi connectivity index (χ1) is 6.16. The van der Waals surface area contributed by atoms with Gasteiger partial charge in [-0.05, 0) is 30.0 Å². The van der Waals surface area contributed by atoms with Gasteiger partial charge in [-0.25, -0.2) is 0 Å². The number of hydrogen-bond acceptors (Lipinski definition) is 2. The maximum absolute atomic E-state index is 9.85. The van der Waals surface area contributed by atoms with Gasteiger partial charge in [0.1, 0.15) is 0 Å². The summed E-state index contributed by atoms with van der Waals surface area (Å²) in [5.74, 6) is 0.222. The maximum atomic E-state index is 9.85. The van der Waals surface area contributed by atoms with E-state index in [2.05, 4.69) is 6.92 Å². The Morgan fingerprint density at radius 3 is 2.77 bits per heavy atom. The van der Waals surface area contributed by atoms with Crippen LogP contribution in [0.4, 0.5) is 0 Å². The lowest BCUT2D eigenvalue weighted by Crippen LogP contribution is -2.08. The number of aliphatic hydroxyl groups is 1. The Bertz CT molecular complexity index is 257. The molecule has 1 N–H and O–H groups in total. The zero-order valence-electron chi connectivity index (χ0n) is 7.96. The smallest absolute Gasteiger partial charge is 0.198 e. The summed E-state index contributed by atoms with van der Waals surface area (Å²) < 4.78 is 4.92. The van der Waals surface area contributed by atoms with Crippen LogP contribution in [-0.4, -0.2) is 5.11 Å². The van der Waals surface area contributed by atoms with Crippen molar-refractivity contribution >= 4 is 11.6 Å². The van der Waals surface area contributed by atoms with Gasteiger partial charge < -0.3 is 9.52 Å². The van der Waals surface area contributed by atoms with Gasteiger partial charge in [0.2, 0.25) is 0 Å². The zero-order valence-corrected chi connectivity index (χ0v) is 8.71. The van der Waals surface area contributed by atoms with Crippen LogP contribution in [0.15, 0.2) is 16.7 Å². The minimum Gasteiger partial charge on any atom is -0.453 e. The molecule has 0 radical (unpaired) electrons. The van der Waals surface area contributed by atoms with Gasteiger partial charge >= 0.3 is 0 Å². The first-order valence-corrected chi connectivity index (χ1v) is 4.95. The monoisotopic (exact) mass is 202 g/mol. The molecule has 0 saturated heterocycles. The maximum Gasteiger partial charge on any atom is 0.198 e. The van der Waals surface area contributed by atoms with Crippen LogP contribution in [0.5, 0.6) is 0 Å². The molecule has 1 aromatic rings. The normalized spacial score (nSPS) is 15.7. The van der Waals surface area contributed by atoms with Gasteiger partial charge in [-0.3, -0.25) is 0 Å². The molecule has 0 saturated carbocycles. The van der Waals surface area contributed by atoms with Crippen LogP contribution in [0.1, 0.15) is 38.4 Å². The van der Waals surface area contributed by atoms with Crippen molar-refractivity contribution in [2.75, 3.05) is 0 Å². The van der Waals surface area contributed by atoms with E-state index >= 15 is 0 Å². The van der Waals surface area contributed by atoms with Crippen LogP contribution in [0.25, 0.3) is 0 Å². The molecule has 0 spiro atoms. The Labute approximate surface area is 83.5 Å². The van der Waals surface area contributed by atoms with Gasteiger partial charge in [0.25, 0.3) is 0 Å². The van der Waals surface area contributed by atoms with Gasteiger partial charge in [0.15, 0.2) is 5.22 Å². The second-order valence-electron chi connectivity index (χ2n) is 3.36. The van der Waals surface area contributed by atoms with Gasteiger partial charge in [-0.1, -0.05) is 20.3 Å². The molecule has 74 valence electrons. The highest BCUT2D eigenvalue weighted by Gasteiger charge is 2.19. The van der Waals surface area contributed by atoms with Crippen molar-refractivity contribution in [1.29, 1.82) is 0 Å². The molecule has 2 atom stereocenters. The predicted molar refractivity (Wildman–Crippen MR) is 52.7 cm³/mol. The molecular formula is C10H15ClO2. The molecule has 0 fully saturated rings. The number of hydrogen-bond donors (Lipinski definition) is 1. The molecule has 13 heavy (non-hydrogen) atoms. The fourth-order valence-corrected chi connectivity index (χ4v) is 1.66. The number of aliphatic hydroxyl groups excluding tert-OH is 1. The molecule has 3 heteroatoms. The van der Waals surface area contributed by atoms with Crippen molar-refractivity contribution in [2.24, 2.45) is 5.92 Å². The quantitative estimate of drug-likeness (QED) is 0.812. The summed E-state index contributed by atoms with van der Waals surface area (Å²) in [6.07, 6.45) is 3.04. The molecule has 0 aromatic carbocycles. The van der Waals surface area contributed by atoms with Crippen LogP contribution in [0.3, 0.4) is 0 Å². The van der Waals surface area contributed by atoms with E-state index in [1.165, 1.54) is 6.26 Å². The van der Waals surface area contributed by atoms with Crippen LogP contribution >= 0.6 is 11.6 Å². The van der Waals surface area contributed by atoms with Gasteiger partial charge in [-0.15, -0.1) is 0 Å². The van der Waals surface area contributed by atoms with Crippen LogP contribution in [0.2, 0.25) is 5.22 Å². The molecule has 0 aliphatic rings. The van der Waals surface area contributed by atoms with E-state index in [0.29, 0.717) is 10.8 Å². The molecule has 0 aliphatic heterocycles. The van der Waals surface area contributed by atoms with E-state index in [-0.39, 0.29) is 5.92 Å². The third kappa shape index (κ3) is 2.48. The first-order valence-electron chi connectivity index (χ1n) is 4.57. The summed E-state index contributed by atoms with van der Waals surface area (Å²) in [5.41, 5.74) is 0.697. The van der Waals surface area contributed by atoms with E-state index in [4.69, 9.17) is 16.0 Å². The average Bonchev–Trinajstić information content (AvgIpc) is 2.50. The second-order valence-corrected chi connectivity index (χ2v) is 3.70. The fraction of sp³-hybridized carbons (Fsp3) is 0.600. The van der Waals surface area contributed by atoms with E-state index in [0.717, 1.165) is 12.8 Å². The summed E-state index contributed by atoms with van der Waals surface area (Å²) in [7, 11) is 0. The predicted octanol–water partition coefficient (Wildman–Crippen LogP) is 3.40. The summed E-state index contributed by atoms with van der Waals surface area (Å²) in [6, 6.07) is 1.72. The van der Waals surface area contributed by atoms with Crippen LogP contribution in [0, 0.1) is 5.92 Å². The lowest BCUT2D eigenvalue weighted by Gasteiger charge is -2.16. The highest BCUT2D eigenvalue weighted by Crippen LogP contribution is 2.30. The summed E-state index contributed by atoms with van der Waals surface area (Å²) in [4.78, 5) is 0. The van der Waals surface area contributed by atoms with Crippen molar-refractivity contribution < 1.29 is 9.52 Å². The fourth-order valence-electron chi connectivity index (χ4n) is 1.44. The van der Waals surface area contributed by atoms with Crippen molar-refractivity contribution in [3.8, 4) is 0 Å². The molecular weight excluding hydrogens is 188 g/mol. The topological polar surface area (TPSA) is 33.4 Å². The Kier molecular flexibility index (Phi) is 3.82. The lowest BCUT2D eigenvalue weighted by atomic mass is 9.95. The van der Waals surface area contributed by atoms with E-state index in [1.54, 1.807) is 6.07 Å². The second kappa shape index (κ2) is 4.68. The highest BCUT2D eigenvalue weighted by molar-refractivity contribution is 6.29. The number of halogens is 1. The summed E-state index contributed by atoms with van der Waals surface area (Å²) >= 11 is 5.75. The molecule has 1 aromatic heterocycles. The Morgan fingerprint density at radius 2 is 2.31 bits per heavy atom. The Hall–Kier alpha value is -0.470. The van der Waals surface area contributed by atoms with Crippen LogP contribution in [-0.2, 0) is 0 Å². The SMILES string of the molecule is CCCC(C)C(O)c1ccoc1Cl. The molecule has 0 bridgehead atoms. The molecule has 1 heterocycles. The van der Waals surface area contributed by atoms with Crippen molar-refractivity contribution in [1.82, 2.24) is 0 Å². The lowest BCUT2D eigenvalue weighted by molar-refractivity contribution is 0.112. The zero-order chi connectivity index (χ0) is 9.84. The molecule has 1 rings (SSSR count). The highest BCUT2D eigenvalue weighted by atomic mass is 35.5. The Balaban J connectivity index is 2.67. The summed E-state index contributed by atoms with van der Waals surface area (Å²) in [5, 5.41) is 10.1. The van der Waals surface area contributed by atoms with Crippen molar-refractivity contribution in [3.05, 3.63) is 23.1 Å². The molecule has 0 aliphatic carbocycles. The van der Waals surface area contributed by atoms with Crippen molar-refractivity contribution in [2.45, 2.75) is 32.8 Å². The van der Waals surface area contributed by atoms with Gasteiger partial charge in [0, 0.05) is 5.56 Å². The third-order valence-electron chi connectivity index (χ3n) is 2.25. The van der Waals surface area contributed by atoms with Crippen molar-refractivity contribution in [3.63, 3.8) is 0 Å². The van der Waals surface area contributed by atoms with E-state index < -0.39 is 6.10 Å². The third-order valence-corrected chi connectivity index (χ3v) is 2.56. The molecule has 0 amide bonds. The molecule has 2 unspecified atom stereocenters. The largest absolute Gasteiger partial charge is 0.453 e. The van der Waals surface area contributed by atoms with Crippen LogP contribution < -0.4 is 0 Å². The number of furan rings is 1. The van der Waals surface area contributed by atoms with E-state index in [9.17, 15) is 5.11 Å². The molecule has 2 nitrogen and oxygen atoms in total. The van der Waals surface area contributed by atoms with Gasteiger partial charge in [-0.2, -0.15) is 0 Å². The minimum atomic E-state index is -0.508. The number of rotatable bonds is 4.